The van der Waals surface area contributed by atoms with E-state index in [0.29, 0.717) is 5.82 Å². The monoisotopic (exact) mass is 238 g/mol. The summed E-state index contributed by atoms with van der Waals surface area (Å²) in [5.41, 5.74) is -0.602. The van der Waals surface area contributed by atoms with Crippen LogP contribution in [0.2, 0.25) is 0 Å². The zero-order chi connectivity index (χ0) is 12.7. The minimum Gasteiger partial charge on any atom is -0.481 e. The van der Waals surface area contributed by atoms with Gasteiger partial charge in [0.05, 0.1) is 12.0 Å². The Balaban J connectivity index is 2.26. The Morgan fingerprint density at radius 3 is 2.47 bits per heavy atom. The van der Waals surface area contributed by atoms with Gasteiger partial charge in [-0.3, -0.25) is 4.79 Å². The van der Waals surface area contributed by atoms with Gasteiger partial charge in [-0.05, 0) is 38.8 Å². The number of hydrogen-bond acceptors (Lipinski definition) is 4. The van der Waals surface area contributed by atoms with Gasteiger partial charge < -0.3 is 5.11 Å². The molecule has 1 saturated carbocycles. The number of aromatic nitrogens is 4. The molecule has 0 aliphatic heterocycles. The molecule has 1 aromatic rings. The van der Waals surface area contributed by atoms with Gasteiger partial charge in [-0.2, -0.15) is 4.80 Å². The summed E-state index contributed by atoms with van der Waals surface area (Å²) in [5.74, 6) is -0.210. The third kappa shape index (κ3) is 2.16. The van der Waals surface area contributed by atoms with Crippen molar-refractivity contribution in [2.75, 3.05) is 0 Å². The van der Waals surface area contributed by atoms with Crippen molar-refractivity contribution in [3.05, 3.63) is 5.82 Å². The molecule has 6 heteroatoms. The van der Waals surface area contributed by atoms with Crippen molar-refractivity contribution in [2.24, 2.45) is 0 Å². The molecule has 94 valence electrons. The summed E-state index contributed by atoms with van der Waals surface area (Å²) in [6, 6.07) is 0. The number of nitrogens with zero attached hydrogens (tertiary/aromatic N) is 4. The molecule has 1 aliphatic carbocycles. The Morgan fingerprint density at radius 1 is 1.47 bits per heavy atom. The van der Waals surface area contributed by atoms with Crippen molar-refractivity contribution in [1.29, 1.82) is 0 Å². The van der Waals surface area contributed by atoms with Gasteiger partial charge in [0.25, 0.3) is 0 Å². The normalized spacial score (nSPS) is 18.8. The molecule has 17 heavy (non-hydrogen) atoms. The van der Waals surface area contributed by atoms with Crippen molar-refractivity contribution in [3.8, 4) is 0 Å². The Hall–Kier alpha value is -1.46. The van der Waals surface area contributed by atoms with Gasteiger partial charge in [0.15, 0.2) is 5.82 Å². The van der Waals surface area contributed by atoms with Gasteiger partial charge in [-0.25, -0.2) is 0 Å². The lowest BCUT2D eigenvalue weighted by molar-refractivity contribution is -0.139. The van der Waals surface area contributed by atoms with Gasteiger partial charge in [0.2, 0.25) is 0 Å². The first-order valence-electron chi connectivity index (χ1n) is 5.86. The number of rotatable bonds is 3. The van der Waals surface area contributed by atoms with Crippen molar-refractivity contribution >= 4 is 5.97 Å². The van der Waals surface area contributed by atoms with Gasteiger partial charge in [0, 0.05) is 5.41 Å². The predicted molar refractivity (Wildman–Crippen MR) is 60.6 cm³/mol. The highest BCUT2D eigenvalue weighted by Gasteiger charge is 2.44. The first kappa shape index (κ1) is 12.0. The summed E-state index contributed by atoms with van der Waals surface area (Å²) in [4.78, 5) is 12.5. The molecular formula is C11H18N4O2. The lowest BCUT2D eigenvalue weighted by Crippen LogP contribution is -2.38. The second kappa shape index (κ2) is 3.78. The molecule has 1 fully saturated rings. The van der Waals surface area contributed by atoms with Gasteiger partial charge in [-0.1, -0.05) is 6.42 Å². The van der Waals surface area contributed by atoms with Gasteiger partial charge in [0.1, 0.15) is 0 Å². The first-order chi connectivity index (χ1) is 7.83. The predicted octanol–water partition coefficient (Wildman–Crippen LogP) is 1.32. The highest BCUT2D eigenvalue weighted by molar-refractivity contribution is 5.69. The molecule has 0 aromatic carbocycles. The van der Waals surface area contributed by atoms with E-state index in [1.807, 2.05) is 20.8 Å². The van der Waals surface area contributed by atoms with E-state index in [4.69, 9.17) is 5.11 Å². The molecule has 0 saturated heterocycles. The number of carbonyl (C=O) groups is 1. The fourth-order valence-electron chi connectivity index (χ4n) is 2.08. The third-order valence-corrected chi connectivity index (χ3v) is 3.29. The van der Waals surface area contributed by atoms with Crippen LogP contribution in [-0.4, -0.2) is 31.3 Å². The molecule has 0 unspecified atom stereocenters. The average Bonchev–Trinajstić information content (AvgIpc) is 2.58. The van der Waals surface area contributed by atoms with Crippen LogP contribution in [-0.2, 0) is 15.7 Å². The molecule has 0 bridgehead atoms. The lowest BCUT2D eigenvalue weighted by atomic mass is 9.66. The SMILES string of the molecule is CC(C)(C)n1nnc(C2(CC(=O)O)CCC2)n1. The van der Waals surface area contributed by atoms with E-state index in [9.17, 15) is 4.79 Å². The van der Waals surface area contributed by atoms with E-state index in [1.165, 1.54) is 0 Å². The molecule has 1 heterocycles. The average molecular weight is 238 g/mol. The summed E-state index contributed by atoms with van der Waals surface area (Å²) in [6.07, 6.45) is 2.82. The minimum absolute atomic E-state index is 0.100. The summed E-state index contributed by atoms with van der Waals surface area (Å²) in [7, 11) is 0. The molecule has 0 radical (unpaired) electrons. The molecule has 1 aliphatic rings. The molecule has 6 nitrogen and oxygen atoms in total. The number of carboxylic acid groups (broad SMARTS) is 1. The van der Waals surface area contributed by atoms with Crippen LogP contribution in [0.1, 0.15) is 52.3 Å². The standard InChI is InChI=1S/C11H18N4O2/c1-10(2,3)15-13-9(12-14-15)11(5-4-6-11)7-8(16)17/h4-7H2,1-3H3,(H,16,17). The van der Waals surface area contributed by atoms with E-state index < -0.39 is 5.97 Å². The second-order valence-electron chi connectivity index (χ2n) is 5.78. The van der Waals surface area contributed by atoms with Crippen LogP contribution in [0.5, 0.6) is 0 Å². The molecule has 2 rings (SSSR count). The van der Waals surface area contributed by atoms with Crippen LogP contribution in [0.15, 0.2) is 0 Å². The van der Waals surface area contributed by atoms with Crippen LogP contribution in [0.3, 0.4) is 0 Å². The molecule has 1 N–H and O–H groups in total. The van der Waals surface area contributed by atoms with E-state index in [0.717, 1.165) is 19.3 Å². The molecule has 0 amide bonds. The fraction of sp³-hybridized carbons (Fsp3) is 0.818. The molecule has 0 atom stereocenters. The highest BCUT2D eigenvalue weighted by Crippen LogP contribution is 2.44. The fourth-order valence-corrected chi connectivity index (χ4v) is 2.08. The summed E-state index contributed by atoms with van der Waals surface area (Å²) >= 11 is 0. The number of aliphatic carboxylic acids is 1. The Labute approximate surface area is 100 Å². The Morgan fingerprint density at radius 2 is 2.12 bits per heavy atom. The van der Waals surface area contributed by atoms with Crippen LogP contribution in [0.4, 0.5) is 0 Å². The van der Waals surface area contributed by atoms with Crippen molar-refractivity contribution in [2.45, 2.75) is 57.4 Å². The smallest absolute Gasteiger partial charge is 0.304 e. The van der Waals surface area contributed by atoms with Crippen LogP contribution in [0.25, 0.3) is 0 Å². The maximum Gasteiger partial charge on any atom is 0.304 e. The van der Waals surface area contributed by atoms with Crippen LogP contribution >= 0.6 is 0 Å². The molecular weight excluding hydrogens is 220 g/mol. The van der Waals surface area contributed by atoms with E-state index in [1.54, 1.807) is 4.80 Å². The van der Waals surface area contributed by atoms with Crippen LogP contribution in [0, 0.1) is 0 Å². The zero-order valence-electron chi connectivity index (χ0n) is 10.5. The van der Waals surface area contributed by atoms with E-state index >= 15 is 0 Å². The lowest BCUT2D eigenvalue weighted by Gasteiger charge is -2.37. The largest absolute Gasteiger partial charge is 0.481 e. The van der Waals surface area contributed by atoms with E-state index in [-0.39, 0.29) is 17.4 Å². The van der Waals surface area contributed by atoms with Crippen molar-refractivity contribution in [3.63, 3.8) is 0 Å². The highest BCUT2D eigenvalue weighted by atomic mass is 16.4. The summed E-state index contributed by atoms with van der Waals surface area (Å²) < 4.78 is 0. The second-order valence-corrected chi connectivity index (χ2v) is 5.78. The maximum absolute atomic E-state index is 10.9. The topological polar surface area (TPSA) is 80.9 Å². The van der Waals surface area contributed by atoms with Crippen LogP contribution < -0.4 is 0 Å². The summed E-state index contributed by atoms with van der Waals surface area (Å²) in [5, 5.41) is 21.4. The van der Waals surface area contributed by atoms with E-state index in [2.05, 4.69) is 15.4 Å². The van der Waals surface area contributed by atoms with Gasteiger partial charge >= 0.3 is 5.97 Å². The van der Waals surface area contributed by atoms with Crippen molar-refractivity contribution in [1.82, 2.24) is 20.2 Å². The number of hydrogen-bond donors (Lipinski definition) is 1. The van der Waals surface area contributed by atoms with Gasteiger partial charge in [-0.15, -0.1) is 10.2 Å². The van der Waals surface area contributed by atoms with Crippen molar-refractivity contribution < 1.29 is 9.90 Å². The Kier molecular flexibility index (Phi) is 2.67. The quantitative estimate of drug-likeness (QED) is 0.859. The number of tetrazole rings is 1. The maximum atomic E-state index is 10.9. The minimum atomic E-state index is -0.795. The number of carboxylic acids is 1. The Bertz CT molecular complexity index is 429. The summed E-state index contributed by atoms with van der Waals surface area (Å²) in [6.45, 7) is 5.97. The first-order valence-corrected chi connectivity index (χ1v) is 5.86. The zero-order valence-corrected chi connectivity index (χ0v) is 10.5. The third-order valence-electron chi connectivity index (χ3n) is 3.29. The molecule has 0 spiro atoms. The molecule has 1 aromatic heterocycles.